The third-order valence-corrected chi connectivity index (χ3v) is 29.5. The largest absolute Gasteiger partial charge is 0.497 e. The summed E-state index contributed by atoms with van der Waals surface area (Å²) in [6.45, 7) is 29.2. The van der Waals surface area contributed by atoms with E-state index in [1.165, 1.54) is 63.9 Å². The van der Waals surface area contributed by atoms with E-state index >= 15 is 8.78 Å². The van der Waals surface area contributed by atoms with Crippen molar-refractivity contribution in [3.63, 3.8) is 0 Å². The van der Waals surface area contributed by atoms with Gasteiger partial charge in [-0.2, -0.15) is 5.26 Å². The van der Waals surface area contributed by atoms with Crippen molar-refractivity contribution in [1.82, 2.24) is 9.99 Å². The van der Waals surface area contributed by atoms with Gasteiger partial charge in [-0.3, -0.25) is 4.79 Å². The monoisotopic (exact) mass is 1290 g/mol. The maximum atomic E-state index is 17.2. The molecule has 1 aliphatic heterocycles. The highest BCUT2D eigenvalue weighted by molar-refractivity contribution is 7.44. The van der Waals surface area contributed by atoms with Crippen LogP contribution in [0.15, 0.2) is 103 Å². The number of amides is 1. The number of rotatable bonds is 28. The number of hydrogen-bond acceptors (Lipinski definition) is 11. The van der Waals surface area contributed by atoms with Gasteiger partial charge >= 0.3 is 0 Å². The number of nitrogens with one attached hydrogen (secondary N) is 1. The first-order chi connectivity index (χ1) is 43.3. The maximum Gasteiger partial charge on any atom is 0.259 e. The summed E-state index contributed by atoms with van der Waals surface area (Å²) in [4.78, 5) is 13.6. The Morgan fingerprint density at radius 2 is 1.46 bits per heavy atom. The predicted molar refractivity (Wildman–Crippen MR) is 360 cm³/mol. The molecule has 1 N–H and O–H groups in total. The highest BCUT2D eigenvalue weighted by Gasteiger charge is 2.63. The smallest absolute Gasteiger partial charge is 0.259 e. The van der Waals surface area contributed by atoms with Gasteiger partial charge in [0.25, 0.3) is 8.53 Å². The van der Waals surface area contributed by atoms with E-state index in [2.05, 4.69) is 111 Å². The number of allylic oxidation sites excluding steroid dienone is 2. The lowest BCUT2D eigenvalue weighted by atomic mass is 9.45. The summed E-state index contributed by atoms with van der Waals surface area (Å²) in [5, 5.41) is 12.5. The lowest BCUT2D eigenvalue weighted by Crippen LogP contribution is -2.52. The van der Waals surface area contributed by atoms with Gasteiger partial charge < -0.3 is 42.5 Å². The van der Waals surface area contributed by atoms with Gasteiger partial charge in [-0.25, -0.2) is 13.5 Å². The van der Waals surface area contributed by atoms with E-state index in [-0.39, 0.29) is 84.4 Å². The first kappa shape index (κ1) is 70.7. The quantitative estimate of drug-likeness (QED) is 0.0192. The fraction of sp³-hybridized carbons (Fsp3) is 0.627. The normalized spacial score (nSPS) is 27.4. The Morgan fingerprint density at radius 3 is 2.08 bits per heavy atom. The van der Waals surface area contributed by atoms with Crippen LogP contribution in [0.25, 0.3) is 0 Å². The van der Waals surface area contributed by atoms with Crippen molar-refractivity contribution >= 4 is 22.8 Å². The van der Waals surface area contributed by atoms with Crippen LogP contribution in [0.2, 0.25) is 18.1 Å². The average molecular weight is 1290 g/mol. The van der Waals surface area contributed by atoms with Gasteiger partial charge in [0, 0.05) is 42.2 Å². The molecular weight excluding hydrogens is 1180 g/mol. The van der Waals surface area contributed by atoms with Gasteiger partial charge in [0.2, 0.25) is 5.91 Å². The van der Waals surface area contributed by atoms with E-state index in [4.69, 9.17) is 37.2 Å². The topological polar surface area (TPSA) is 130 Å². The molecule has 9 rings (SSSR count). The van der Waals surface area contributed by atoms with Gasteiger partial charge in [-0.15, -0.1) is 0 Å². The molecule has 4 aromatic carbocycles. The molecule has 5 aliphatic rings. The van der Waals surface area contributed by atoms with Gasteiger partial charge in [0.1, 0.15) is 53.2 Å². The zero-order valence-electron chi connectivity index (χ0n) is 57.3. The number of halogens is 2. The number of nitriles is 1. The summed E-state index contributed by atoms with van der Waals surface area (Å²) >= 11 is 0. The molecule has 1 amide bonds. The molecule has 2 unspecified atom stereocenters. The molecule has 0 bridgehead atoms. The standard InChI is InChI=1S/C75H106F2N3O9PSi/c1-50(2)80(51(3)4)90(86-44-21-42-78)88-69-66(49-85-75(55-23-17-16-18-24-55,56-26-31-58(82-12)32-27-56)57-28-33-59(83-13)34-29-57)87-68(70(69)89-91(14,15)71(6,7)8)61-46-53(64(76)47-65(61)77)48-84-45-43-79-67(81)36-25-52(5)73(10)40-38-63-60-35-30-54-22-19-20-39-72(54,9)62(60)37-41-74(63,73)11/h16-18,23-24,26-34,46-47,50-52,60,62-63,66,68-70H,19-22,25,35-41,43-45,48-49H2,1-15H3,(H,79,81)/t52-,60-,62+,63+,66-,68+,69?,70+,72+,73-,74+,90?/m1/s1. The van der Waals surface area contributed by atoms with Crippen molar-refractivity contribution < 1.29 is 50.7 Å². The summed E-state index contributed by atoms with van der Waals surface area (Å²) in [6.07, 6.45) is 11.7. The first-order valence-corrected chi connectivity index (χ1v) is 37.9. The minimum absolute atomic E-state index is 0.0209. The van der Waals surface area contributed by atoms with E-state index < -0.39 is 58.5 Å². The van der Waals surface area contributed by atoms with Crippen LogP contribution in [0, 0.1) is 62.9 Å². The number of carbonyl (C=O) groups is 1. The van der Waals surface area contributed by atoms with Crippen molar-refractivity contribution in [2.24, 2.45) is 39.9 Å². The highest BCUT2D eigenvalue weighted by Crippen LogP contribution is 2.71. The van der Waals surface area contributed by atoms with Crippen LogP contribution in [0.1, 0.15) is 187 Å². The Hall–Kier alpha value is -4.59. The summed E-state index contributed by atoms with van der Waals surface area (Å²) < 4.78 is 89.4. The molecule has 498 valence electrons. The second-order valence-electron chi connectivity index (χ2n) is 29.6. The fourth-order valence-corrected chi connectivity index (χ4v) is 19.6. The number of ether oxygens (including phenoxy) is 5. The Morgan fingerprint density at radius 1 is 0.824 bits per heavy atom. The zero-order chi connectivity index (χ0) is 65.7. The third kappa shape index (κ3) is 14.6. The maximum absolute atomic E-state index is 17.2. The van der Waals surface area contributed by atoms with Crippen molar-refractivity contribution in [3.8, 4) is 17.6 Å². The molecule has 0 radical (unpaired) electrons. The number of carbonyl (C=O) groups excluding carboxylic acids is 1. The third-order valence-electron chi connectivity index (χ3n) is 22.9. The predicted octanol–water partition coefficient (Wildman–Crippen LogP) is 17.9. The van der Waals surface area contributed by atoms with Gasteiger partial charge in [-0.05, 0) is 191 Å². The summed E-state index contributed by atoms with van der Waals surface area (Å²) in [5.41, 5.74) is 3.89. The second kappa shape index (κ2) is 29.6. The zero-order valence-corrected chi connectivity index (χ0v) is 59.2. The molecule has 12 atom stereocenters. The van der Waals surface area contributed by atoms with Gasteiger partial charge in [-0.1, -0.05) is 121 Å². The van der Waals surface area contributed by atoms with Crippen LogP contribution in [-0.2, 0) is 44.7 Å². The van der Waals surface area contributed by atoms with Gasteiger partial charge in [0.15, 0.2) is 8.32 Å². The molecule has 0 spiro atoms. The van der Waals surface area contributed by atoms with Crippen LogP contribution in [0.3, 0.4) is 0 Å². The minimum Gasteiger partial charge on any atom is -0.497 e. The lowest BCUT2D eigenvalue weighted by molar-refractivity contribution is -0.122. The van der Waals surface area contributed by atoms with E-state index in [9.17, 15) is 10.1 Å². The number of methoxy groups -OCH3 is 2. The minimum atomic E-state index is -2.81. The molecule has 4 fully saturated rings. The Balaban J connectivity index is 0.966. The van der Waals surface area contributed by atoms with Crippen molar-refractivity contribution in [2.45, 2.75) is 220 Å². The molecule has 91 heavy (non-hydrogen) atoms. The van der Waals surface area contributed by atoms with E-state index in [0.717, 1.165) is 46.9 Å². The number of nitrogens with zero attached hydrogens (tertiary/aromatic N) is 2. The molecule has 1 heterocycles. The molecule has 3 saturated carbocycles. The van der Waals surface area contributed by atoms with E-state index in [0.29, 0.717) is 29.3 Å². The summed E-state index contributed by atoms with van der Waals surface area (Å²) in [7, 11) is -1.48. The van der Waals surface area contributed by atoms with Crippen LogP contribution < -0.4 is 14.8 Å². The average Bonchev–Trinajstić information content (AvgIpc) is 1.64. The van der Waals surface area contributed by atoms with E-state index in [1.54, 1.807) is 19.8 Å². The van der Waals surface area contributed by atoms with Crippen molar-refractivity contribution in [1.29, 1.82) is 5.26 Å². The first-order valence-electron chi connectivity index (χ1n) is 33.9. The van der Waals surface area contributed by atoms with E-state index in [1.807, 2.05) is 78.9 Å². The molecule has 4 aliphatic carbocycles. The number of benzene rings is 4. The molecule has 12 nitrogen and oxygen atoms in total. The number of hydrogen-bond donors (Lipinski definition) is 1. The SMILES string of the molecule is COc1ccc(C(OC[C@H]2O[C@@H](c3cc(COCCNC(=O)CC[C@@H](C)[C@@]4(C)CC[C@H]5[C@@H]6CC=C7CCCC[C@]7(C)[C@H]6CC[C@@]54C)c(F)cc3F)[C@H](O[Si](C)(C)C(C)(C)C)C2OP(OCCC#N)N(C(C)C)C(C)C)(c2ccccc2)c2ccc(OC)cc2)cc1. The Bertz CT molecular complexity index is 3080. The molecule has 1 saturated heterocycles. The van der Waals surface area contributed by atoms with Crippen LogP contribution >= 0.6 is 8.53 Å². The number of fused-ring (bicyclic) bond motifs is 5. The van der Waals surface area contributed by atoms with Gasteiger partial charge in [0.05, 0.1) is 53.1 Å². The molecule has 16 heteroatoms. The van der Waals surface area contributed by atoms with Crippen LogP contribution in [0.4, 0.5) is 8.78 Å². The Labute approximate surface area is 546 Å². The lowest BCUT2D eigenvalue weighted by Gasteiger charge is -2.60. The molecule has 0 aromatic heterocycles. The highest BCUT2D eigenvalue weighted by atomic mass is 31.2. The fourth-order valence-electron chi connectivity index (χ4n) is 16.5. The Kier molecular flexibility index (Phi) is 23.0. The summed E-state index contributed by atoms with van der Waals surface area (Å²) in [6, 6.07) is 30.0. The molecule has 4 aromatic rings. The second-order valence-corrected chi connectivity index (χ2v) is 35.7. The van der Waals surface area contributed by atoms with Crippen LogP contribution in [-0.4, -0.2) is 89.9 Å². The summed E-state index contributed by atoms with van der Waals surface area (Å²) in [5.74, 6) is 2.40. The van der Waals surface area contributed by atoms with Crippen LogP contribution in [0.5, 0.6) is 11.5 Å². The van der Waals surface area contributed by atoms with Crippen molar-refractivity contribution in [2.75, 3.05) is 40.6 Å². The van der Waals surface area contributed by atoms with Crippen molar-refractivity contribution in [3.05, 3.63) is 142 Å². The molecular formula is C75H106F2N3O9PSi.